The fourth-order valence-electron chi connectivity index (χ4n) is 2.81. The molecule has 0 saturated heterocycles. The van der Waals surface area contributed by atoms with E-state index in [9.17, 15) is 13.2 Å². The Labute approximate surface area is 204 Å². The smallest absolute Gasteiger partial charge is 0.291 e. The first-order valence-corrected chi connectivity index (χ1v) is 12.4. The molecule has 0 aliphatic carbocycles. The van der Waals surface area contributed by atoms with Gasteiger partial charge in [0.05, 0.1) is 12.8 Å². The number of nitrogens with zero attached hydrogens (tertiary/aromatic N) is 2. The van der Waals surface area contributed by atoms with Crippen molar-refractivity contribution >= 4 is 49.7 Å². The van der Waals surface area contributed by atoms with Gasteiger partial charge in [-0.25, -0.2) is 0 Å². The number of carbonyl (C=O) groups excluding carboxylic acids is 1. The molecule has 0 spiro atoms. The van der Waals surface area contributed by atoms with Gasteiger partial charge in [0, 0.05) is 10.6 Å². The lowest BCUT2D eigenvalue weighted by Crippen LogP contribution is -2.13. The van der Waals surface area contributed by atoms with Crippen LogP contribution in [0.5, 0.6) is 17.2 Å². The Kier molecular flexibility index (Phi) is 6.96. The van der Waals surface area contributed by atoms with Crippen LogP contribution in [0.4, 0.5) is 10.8 Å². The van der Waals surface area contributed by atoms with Gasteiger partial charge in [0.25, 0.3) is 20.3 Å². The summed E-state index contributed by atoms with van der Waals surface area (Å²) in [6.07, 6.45) is 0. The van der Waals surface area contributed by atoms with Gasteiger partial charge in [-0.15, -0.1) is 10.2 Å². The first kappa shape index (κ1) is 23.5. The molecule has 0 saturated carbocycles. The molecule has 1 heterocycles. The molecule has 0 aliphatic heterocycles. The summed E-state index contributed by atoms with van der Waals surface area (Å²) in [6, 6.07) is 19.9. The molecule has 0 fully saturated rings. The summed E-state index contributed by atoms with van der Waals surface area (Å²) in [5.41, 5.74) is 0.487. The third kappa shape index (κ3) is 5.45. The van der Waals surface area contributed by atoms with Gasteiger partial charge in [-0.2, -0.15) is 8.42 Å². The van der Waals surface area contributed by atoms with E-state index < -0.39 is 15.9 Å². The van der Waals surface area contributed by atoms with E-state index in [0.29, 0.717) is 28.4 Å². The van der Waals surface area contributed by atoms with Crippen LogP contribution in [0.3, 0.4) is 0 Å². The lowest BCUT2D eigenvalue weighted by molar-refractivity contribution is 0.102. The highest BCUT2D eigenvalue weighted by molar-refractivity contribution is 7.94. The van der Waals surface area contributed by atoms with Gasteiger partial charge >= 0.3 is 0 Å². The van der Waals surface area contributed by atoms with Crippen LogP contribution in [0, 0.1) is 0 Å². The minimum Gasteiger partial charge on any atom is -0.493 e. The lowest BCUT2D eigenvalue weighted by Gasteiger charge is -2.14. The summed E-state index contributed by atoms with van der Waals surface area (Å²) in [7, 11) is -2.67. The third-order valence-corrected chi connectivity index (χ3v) is 7.17. The van der Waals surface area contributed by atoms with Crippen LogP contribution in [0.2, 0.25) is 5.02 Å². The van der Waals surface area contributed by atoms with Crippen LogP contribution < -0.4 is 19.5 Å². The van der Waals surface area contributed by atoms with Gasteiger partial charge in [0.15, 0.2) is 17.2 Å². The largest absolute Gasteiger partial charge is 0.493 e. The molecule has 9 nitrogen and oxygen atoms in total. The van der Waals surface area contributed by atoms with Crippen LogP contribution in [-0.2, 0) is 10.0 Å². The standard InChI is InChI=1S/C22H17ClN4O5S2/c1-31-18-9-5-6-10-19(18)32-17-12-11-15(23)13-16(17)27-34(29,30)22-26-25-21(33-22)24-20(28)14-7-3-2-4-8-14/h2-13,27H,1H3,(H,24,25,28). The summed E-state index contributed by atoms with van der Waals surface area (Å²) in [6.45, 7) is 0. The number of nitrogens with one attached hydrogen (secondary N) is 2. The number of methoxy groups -OCH3 is 1. The fraction of sp³-hybridized carbons (Fsp3) is 0.0455. The van der Waals surface area contributed by atoms with E-state index in [0.717, 1.165) is 0 Å². The van der Waals surface area contributed by atoms with E-state index in [1.54, 1.807) is 60.7 Å². The van der Waals surface area contributed by atoms with Gasteiger partial charge in [0.1, 0.15) is 0 Å². The SMILES string of the molecule is COc1ccccc1Oc1ccc(Cl)cc1NS(=O)(=O)c1nnc(NC(=O)c2ccccc2)s1. The van der Waals surface area contributed by atoms with E-state index in [-0.39, 0.29) is 25.9 Å². The normalized spacial score (nSPS) is 11.0. The molecule has 0 bridgehead atoms. The van der Waals surface area contributed by atoms with Crippen molar-refractivity contribution in [3.63, 3.8) is 0 Å². The van der Waals surface area contributed by atoms with Crippen LogP contribution in [0.25, 0.3) is 0 Å². The van der Waals surface area contributed by atoms with Crippen LogP contribution in [0.1, 0.15) is 10.4 Å². The highest BCUT2D eigenvalue weighted by Gasteiger charge is 2.23. The highest BCUT2D eigenvalue weighted by atomic mass is 35.5. The number of sulfonamides is 1. The molecule has 4 rings (SSSR count). The zero-order chi connectivity index (χ0) is 24.1. The Morgan fingerprint density at radius 3 is 2.38 bits per heavy atom. The molecule has 0 aliphatic rings. The summed E-state index contributed by atoms with van der Waals surface area (Å²) in [4.78, 5) is 12.3. The number of carbonyl (C=O) groups is 1. The van der Waals surface area contributed by atoms with Crippen molar-refractivity contribution in [2.75, 3.05) is 17.1 Å². The maximum atomic E-state index is 13.0. The third-order valence-electron chi connectivity index (χ3n) is 4.37. The molecule has 0 radical (unpaired) electrons. The molecule has 3 aromatic carbocycles. The second-order valence-electron chi connectivity index (χ2n) is 6.69. The molecule has 2 N–H and O–H groups in total. The quantitative estimate of drug-likeness (QED) is 0.314. The van der Waals surface area contributed by atoms with Crippen molar-refractivity contribution in [1.82, 2.24) is 10.2 Å². The van der Waals surface area contributed by atoms with E-state index in [1.165, 1.54) is 19.2 Å². The summed E-state index contributed by atoms with van der Waals surface area (Å²) < 4.78 is 39.2. The number of hydrogen-bond acceptors (Lipinski definition) is 8. The first-order valence-electron chi connectivity index (χ1n) is 9.69. The average Bonchev–Trinajstić information content (AvgIpc) is 3.31. The second kappa shape index (κ2) is 10.1. The van der Waals surface area contributed by atoms with Crippen molar-refractivity contribution in [2.45, 2.75) is 4.34 Å². The van der Waals surface area contributed by atoms with Crippen molar-refractivity contribution in [3.8, 4) is 17.2 Å². The Morgan fingerprint density at radius 1 is 0.941 bits per heavy atom. The predicted molar refractivity (Wildman–Crippen MR) is 130 cm³/mol. The van der Waals surface area contributed by atoms with Crippen molar-refractivity contribution in [2.24, 2.45) is 0 Å². The molecule has 0 unspecified atom stereocenters. The topological polar surface area (TPSA) is 120 Å². The number of halogens is 1. The van der Waals surface area contributed by atoms with Crippen molar-refractivity contribution in [1.29, 1.82) is 0 Å². The minimum absolute atomic E-state index is 0.0332. The number of hydrogen-bond donors (Lipinski definition) is 2. The number of benzene rings is 3. The molecule has 4 aromatic rings. The molecule has 174 valence electrons. The van der Waals surface area contributed by atoms with Crippen molar-refractivity contribution in [3.05, 3.63) is 83.4 Å². The first-order chi connectivity index (χ1) is 16.4. The number of aromatic nitrogens is 2. The fourth-order valence-corrected chi connectivity index (χ4v) is 4.94. The summed E-state index contributed by atoms with van der Waals surface area (Å²) in [5, 5.41) is 10.3. The van der Waals surface area contributed by atoms with E-state index in [2.05, 4.69) is 20.2 Å². The molecular weight excluding hydrogens is 500 g/mol. The molecule has 1 amide bonds. The number of ether oxygens (including phenoxy) is 2. The molecule has 12 heteroatoms. The maximum absolute atomic E-state index is 13.0. The molecule has 0 atom stereocenters. The zero-order valence-electron chi connectivity index (χ0n) is 17.6. The van der Waals surface area contributed by atoms with Gasteiger partial charge in [0.2, 0.25) is 5.13 Å². The highest BCUT2D eigenvalue weighted by Crippen LogP contribution is 2.37. The monoisotopic (exact) mass is 516 g/mol. The molecular formula is C22H17ClN4O5S2. The summed E-state index contributed by atoms with van der Waals surface area (Å²) >= 11 is 6.79. The number of amides is 1. The second-order valence-corrected chi connectivity index (χ2v) is 9.96. The molecule has 34 heavy (non-hydrogen) atoms. The van der Waals surface area contributed by atoms with E-state index >= 15 is 0 Å². The number of anilines is 2. The average molecular weight is 517 g/mol. The number of rotatable bonds is 8. The molecule has 1 aromatic heterocycles. The predicted octanol–water partition coefficient (Wildman–Crippen LogP) is 5.05. The van der Waals surface area contributed by atoms with E-state index in [1.807, 2.05) is 0 Å². The maximum Gasteiger partial charge on any atom is 0.291 e. The lowest BCUT2D eigenvalue weighted by atomic mass is 10.2. The zero-order valence-corrected chi connectivity index (χ0v) is 19.9. The Morgan fingerprint density at radius 2 is 1.65 bits per heavy atom. The Bertz CT molecular complexity index is 1430. The van der Waals surface area contributed by atoms with Gasteiger partial charge in [-0.05, 0) is 42.5 Å². The summed E-state index contributed by atoms with van der Waals surface area (Å²) in [5.74, 6) is 0.611. The van der Waals surface area contributed by atoms with Gasteiger partial charge in [-0.1, -0.05) is 53.3 Å². The van der Waals surface area contributed by atoms with E-state index in [4.69, 9.17) is 21.1 Å². The van der Waals surface area contributed by atoms with Crippen molar-refractivity contribution < 1.29 is 22.7 Å². The minimum atomic E-state index is -4.17. The van der Waals surface area contributed by atoms with Gasteiger partial charge in [-0.3, -0.25) is 14.8 Å². The van der Waals surface area contributed by atoms with Gasteiger partial charge < -0.3 is 9.47 Å². The Hall–Kier alpha value is -3.67. The number of para-hydroxylation sites is 2. The van der Waals surface area contributed by atoms with Crippen LogP contribution in [-0.4, -0.2) is 31.6 Å². The Balaban J connectivity index is 1.56. The van der Waals surface area contributed by atoms with Crippen LogP contribution >= 0.6 is 22.9 Å². The van der Waals surface area contributed by atoms with Crippen LogP contribution in [0.15, 0.2) is 77.1 Å².